The Morgan fingerprint density at radius 2 is 2.20 bits per heavy atom. The molecule has 2 rings (SSSR count). The highest BCUT2D eigenvalue weighted by Crippen LogP contribution is 2.33. The smallest absolute Gasteiger partial charge is 0.314 e. The van der Waals surface area contributed by atoms with E-state index in [0.29, 0.717) is 12.2 Å². The van der Waals surface area contributed by atoms with Gasteiger partial charge in [0.1, 0.15) is 11.6 Å². The van der Waals surface area contributed by atoms with Crippen LogP contribution in [0.1, 0.15) is 12.7 Å². The number of hydrogen-bond donors (Lipinski definition) is 1. The van der Waals surface area contributed by atoms with Crippen LogP contribution in [0.5, 0.6) is 11.6 Å². The summed E-state index contributed by atoms with van der Waals surface area (Å²) < 4.78 is 18.9. The standard InChI is InChI=1S/C12H11FN4O3/c1-2-10-15-9(14)6-11(16-10)20-12-7(13)4-3-5-8(12)17(18)19/h3-6H,2H2,1H3,(H2,14,15,16). The van der Waals surface area contributed by atoms with E-state index < -0.39 is 22.2 Å². The minimum absolute atomic E-state index is 0.0393. The van der Waals surface area contributed by atoms with Gasteiger partial charge in [0.2, 0.25) is 11.6 Å². The summed E-state index contributed by atoms with van der Waals surface area (Å²) in [4.78, 5) is 18.0. The Labute approximate surface area is 113 Å². The predicted octanol–water partition coefficient (Wildman–Crippen LogP) is 2.46. The van der Waals surface area contributed by atoms with E-state index in [1.807, 2.05) is 6.92 Å². The third-order valence-corrected chi connectivity index (χ3v) is 2.43. The largest absolute Gasteiger partial charge is 0.428 e. The minimum atomic E-state index is -0.852. The van der Waals surface area contributed by atoms with Crippen LogP contribution in [-0.4, -0.2) is 14.9 Å². The number of nitrogens with zero attached hydrogens (tertiary/aromatic N) is 3. The van der Waals surface area contributed by atoms with Crippen molar-refractivity contribution in [3.05, 3.63) is 46.0 Å². The van der Waals surface area contributed by atoms with Gasteiger partial charge in [-0.3, -0.25) is 10.1 Å². The average Bonchev–Trinajstić information content (AvgIpc) is 2.40. The highest BCUT2D eigenvalue weighted by Gasteiger charge is 2.21. The lowest BCUT2D eigenvalue weighted by Gasteiger charge is -2.07. The van der Waals surface area contributed by atoms with Gasteiger partial charge in [-0.05, 0) is 6.07 Å². The molecule has 1 aromatic heterocycles. The fourth-order valence-electron chi connectivity index (χ4n) is 1.55. The zero-order valence-corrected chi connectivity index (χ0v) is 10.5. The van der Waals surface area contributed by atoms with Crippen LogP contribution < -0.4 is 10.5 Å². The van der Waals surface area contributed by atoms with Gasteiger partial charge in [0.15, 0.2) is 5.82 Å². The van der Waals surface area contributed by atoms with Crippen molar-refractivity contribution in [1.29, 1.82) is 0 Å². The highest BCUT2D eigenvalue weighted by molar-refractivity contribution is 5.49. The normalized spacial score (nSPS) is 10.3. The number of aromatic nitrogens is 2. The van der Waals surface area contributed by atoms with E-state index in [4.69, 9.17) is 10.5 Å². The number of nitrogen functional groups attached to an aromatic ring is 1. The Morgan fingerprint density at radius 3 is 2.85 bits per heavy atom. The molecule has 0 saturated carbocycles. The fourth-order valence-corrected chi connectivity index (χ4v) is 1.55. The number of nitro benzene ring substituents is 1. The van der Waals surface area contributed by atoms with E-state index >= 15 is 0 Å². The molecule has 2 aromatic rings. The molecule has 1 heterocycles. The number of nitrogens with two attached hydrogens (primary N) is 1. The molecule has 0 aliphatic carbocycles. The van der Waals surface area contributed by atoms with Crippen molar-refractivity contribution in [3.63, 3.8) is 0 Å². The van der Waals surface area contributed by atoms with E-state index in [-0.39, 0.29) is 11.7 Å². The molecule has 7 nitrogen and oxygen atoms in total. The summed E-state index contributed by atoms with van der Waals surface area (Å²) in [7, 11) is 0. The van der Waals surface area contributed by atoms with Gasteiger partial charge in [-0.2, -0.15) is 4.98 Å². The van der Waals surface area contributed by atoms with Crippen molar-refractivity contribution in [2.45, 2.75) is 13.3 Å². The maximum absolute atomic E-state index is 13.7. The molecule has 0 fully saturated rings. The van der Waals surface area contributed by atoms with E-state index in [1.54, 1.807) is 0 Å². The van der Waals surface area contributed by atoms with Crippen molar-refractivity contribution >= 4 is 11.5 Å². The van der Waals surface area contributed by atoms with Crippen LogP contribution in [0.4, 0.5) is 15.9 Å². The van der Waals surface area contributed by atoms with Gasteiger partial charge in [0.05, 0.1) is 4.92 Å². The van der Waals surface area contributed by atoms with Crippen molar-refractivity contribution < 1.29 is 14.1 Å². The van der Waals surface area contributed by atoms with Crippen LogP contribution in [0.25, 0.3) is 0 Å². The highest BCUT2D eigenvalue weighted by atomic mass is 19.1. The molecule has 0 atom stereocenters. The van der Waals surface area contributed by atoms with Crippen molar-refractivity contribution in [2.75, 3.05) is 5.73 Å². The Kier molecular flexibility index (Phi) is 3.74. The molecule has 1 aromatic carbocycles. The molecule has 0 saturated heterocycles. The van der Waals surface area contributed by atoms with Gasteiger partial charge in [-0.15, -0.1) is 0 Å². The quantitative estimate of drug-likeness (QED) is 0.680. The van der Waals surface area contributed by atoms with Crippen LogP contribution in [0.15, 0.2) is 24.3 Å². The van der Waals surface area contributed by atoms with Gasteiger partial charge in [0.25, 0.3) is 0 Å². The van der Waals surface area contributed by atoms with Crippen LogP contribution in [0.3, 0.4) is 0 Å². The van der Waals surface area contributed by atoms with Crippen molar-refractivity contribution in [3.8, 4) is 11.6 Å². The molecule has 0 radical (unpaired) electrons. The first-order valence-corrected chi connectivity index (χ1v) is 5.75. The van der Waals surface area contributed by atoms with Crippen LogP contribution in [0.2, 0.25) is 0 Å². The number of ether oxygens (including phenoxy) is 1. The number of halogens is 1. The summed E-state index contributed by atoms with van der Waals surface area (Å²) in [6.45, 7) is 1.81. The number of nitro groups is 1. The van der Waals surface area contributed by atoms with Gasteiger partial charge < -0.3 is 10.5 Å². The average molecular weight is 278 g/mol. The second-order valence-corrected chi connectivity index (χ2v) is 3.85. The molecule has 0 spiro atoms. The number of para-hydroxylation sites is 1. The SMILES string of the molecule is CCc1nc(N)cc(Oc2c(F)cccc2[N+](=O)[O-])n1. The Balaban J connectivity index is 2.44. The second kappa shape index (κ2) is 5.47. The molecular formula is C12H11FN4O3. The summed E-state index contributed by atoms with van der Waals surface area (Å²) in [5.74, 6) is -0.848. The molecule has 0 bridgehead atoms. The zero-order valence-electron chi connectivity index (χ0n) is 10.5. The third-order valence-electron chi connectivity index (χ3n) is 2.43. The topological polar surface area (TPSA) is 104 Å². The number of aryl methyl sites for hydroxylation is 1. The summed E-state index contributed by atoms with van der Waals surface area (Å²) in [5.41, 5.74) is 5.08. The van der Waals surface area contributed by atoms with Crippen molar-refractivity contribution in [2.24, 2.45) is 0 Å². The fraction of sp³-hybridized carbons (Fsp3) is 0.167. The van der Waals surface area contributed by atoms with E-state index in [2.05, 4.69) is 9.97 Å². The first-order chi connectivity index (χ1) is 9.51. The van der Waals surface area contributed by atoms with E-state index in [0.717, 1.165) is 12.1 Å². The monoisotopic (exact) mass is 278 g/mol. The molecular weight excluding hydrogens is 267 g/mol. The molecule has 20 heavy (non-hydrogen) atoms. The van der Waals surface area contributed by atoms with Gasteiger partial charge in [-0.25, -0.2) is 9.37 Å². The maximum atomic E-state index is 13.7. The predicted molar refractivity (Wildman–Crippen MR) is 69.0 cm³/mol. The molecule has 0 aliphatic rings. The first-order valence-electron chi connectivity index (χ1n) is 5.75. The van der Waals surface area contributed by atoms with Crippen LogP contribution >= 0.6 is 0 Å². The minimum Gasteiger partial charge on any atom is -0.428 e. The third kappa shape index (κ3) is 2.79. The zero-order chi connectivity index (χ0) is 14.7. The Bertz CT molecular complexity index is 663. The Morgan fingerprint density at radius 1 is 1.45 bits per heavy atom. The molecule has 0 amide bonds. The van der Waals surface area contributed by atoms with E-state index in [9.17, 15) is 14.5 Å². The van der Waals surface area contributed by atoms with Crippen LogP contribution in [0, 0.1) is 15.9 Å². The Hall–Kier alpha value is -2.77. The summed E-state index contributed by atoms with van der Waals surface area (Å²) in [6, 6.07) is 4.71. The summed E-state index contributed by atoms with van der Waals surface area (Å²) in [6.07, 6.45) is 0.501. The number of anilines is 1. The van der Waals surface area contributed by atoms with Crippen molar-refractivity contribution in [1.82, 2.24) is 9.97 Å². The lowest BCUT2D eigenvalue weighted by Crippen LogP contribution is -2.02. The lowest BCUT2D eigenvalue weighted by molar-refractivity contribution is -0.385. The number of benzene rings is 1. The number of hydrogen-bond acceptors (Lipinski definition) is 6. The van der Waals surface area contributed by atoms with Gasteiger partial charge in [0, 0.05) is 18.6 Å². The lowest BCUT2D eigenvalue weighted by atomic mass is 10.3. The summed E-state index contributed by atoms with van der Waals surface area (Å²) in [5, 5.41) is 10.9. The molecule has 0 unspecified atom stereocenters. The van der Waals surface area contributed by atoms with Crippen LogP contribution in [-0.2, 0) is 6.42 Å². The van der Waals surface area contributed by atoms with E-state index in [1.165, 1.54) is 12.1 Å². The summed E-state index contributed by atoms with van der Waals surface area (Å²) >= 11 is 0. The molecule has 104 valence electrons. The maximum Gasteiger partial charge on any atom is 0.314 e. The molecule has 0 aliphatic heterocycles. The molecule has 8 heteroatoms. The van der Waals surface area contributed by atoms with Gasteiger partial charge in [-0.1, -0.05) is 13.0 Å². The van der Waals surface area contributed by atoms with Gasteiger partial charge >= 0.3 is 5.69 Å². The number of rotatable bonds is 4. The first kappa shape index (κ1) is 13.7. The second-order valence-electron chi connectivity index (χ2n) is 3.85. The molecule has 2 N–H and O–H groups in total.